The summed E-state index contributed by atoms with van der Waals surface area (Å²) in [7, 11) is 1.59. The van der Waals surface area contributed by atoms with Crippen LogP contribution in [0.25, 0.3) is 11.1 Å². The second-order valence-electron chi connectivity index (χ2n) is 13.3. The van der Waals surface area contributed by atoms with Crippen LogP contribution in [0.4, 0.5) is 10.5 Å². The summed E-state index contributed by atoms with van der Waals surface area (Å²) in [6, 6.07) is 17.0. The second-order valence-corrected chi connectivity index (χ2v) is 13.3. The average molecular weight is 640 g/mol. The molecule has 0 bridgehead atoms. The van der Waals surface area contributed by atoms with E-state index in [1.165, 1.54) is 18.4 Å². The summed E-state index contributed by atoms with van der Waals surface area (Å²) in [5, 5.41) is 25.7. The van der Waals surface area contributed by atoms with Crippen LogP contribution in [0.3, 0.4) is 0 Å². The van der Waals surface area contributed by atoms with Crippen LogP contribution in [-0.2, 0) is 9.53 Å². The predicted octanol–water partition coefficient (Wildman–Crippen LogP) is 6.35. The number of nitrogens with zero attached hydrogens (tertiary/aromatic N) is 4. The molecule has 2 N–H and O–H groups in total. The maximum absolute atomic E-state index is 14.3. The quantitative estimate of drug-likeness (QED) is 0.250. The fourth-order valence-corrected chi connectivity index (χ4v) is 7.20. The summed E-state index contributed by atoms with van der Waals surface area (Å²) in [5.41, 5.74) is 4.76. The standard InChI is InChI=1S/C37H45N5O5/c1-46-35-16-11-29(19-30(35)21-38)26-7-5-25(6-8-26)23-41(36(44)27-9-14-34(15-10-27)47-37(45)39-17-18-43)33-4-2-3-28(20-33)31-22-40-42(24-31)32-12-13-32/h2-4,11,16,19-20,22,24-27,32,34,43H,5-10,12-15,17-18,23H2,1H3,(H,39,45)/t25-,26-,27-,34-. The summed E-state index contributed by atoms with van der Waals surface area (Å²) >= 11 is 0. The lowest BCUT2D eigenvalue weighted by atomic mass is 9.78. The molecule has 3 aliphatic rings. The molecular formula is C37H45N5O5. The number of ether oxygens (including phenoxy) is 2. The van der Waals surface area contributed by atoms with E-state index in [4.69, 9.17) is 14.6 Å². The van der Waals surface area contributed by atoms with Crippen LogP contribution < -0.4 is 15.0 Å². The highest BCUT2D eigenvalue weighted by Crippen LogP contribution is 2.40. The zero-order valence-electron chi connectivity index (χ0n) is 27.1. The maximum atomic E-state index is 14.3. The molecule has 0 spiro atoms. The van der Waals surface area contributed by atoms with Crippen LogP contribution >= 0.6 is 0 Å². The van der Waals surface area contributed by atoms with Crippen LogP contribution in [0.1, 0.15) is 87.3 Å². The Morgan fingerprint density at radius 3 is 2.51 bits per heavy atom. The molecule has 2 amide bonds. The van der Waals surface area contributed by atoms with Crippen LogP contribution in [0, 0.1) is 23.2 Å². The van der Waals surface area contributed by atoms with Gasteiger partial charge in [-0.1, -0.05) is 18.2 Å². The smallest absolute Gasteiger partial charge is 0.407 e. The molecule has 3 aliphatic carbocycles. The first-order valence-corrected chi connectivity index (χ1v) is 17.0. The first-order chi connectivity index (χ1) is 22.9. The first-order valence-electron chi connectivity index (χ1n) is 17.0. The Balaban J connectivity index is 1.16. The van der Waals surface area contributed by atoms with Crippen molar-refractivity contribution in [3.8, 4) is 22.9 Å². The average Bonchev–Trinajstić information content (AvgIpc) is 3.85. The van der Waals surface area contributed by atoms with Gasteiger partial charge in [-0.25, -0.2) is 4.79 Å². The highest BCUT2D eigenvalue weighted by Gasteiger charge is 2.34. The van der Waals surface area contributed by atoms with Crippen molar-refractivity contribution in [1.82, 2.24) is 15.1 Å². The maximum Gasteiger partial charge on any atom is 0.407 e. The number of aliphatic hydroxyl groups is 1. The van der Waals surface area contributed by atoms with Crippen molar-refractivity contribution < 1.29 is 24.2 Å². The van der Waals surface area contributed by atoms with Crippen LogP contribution in [0.15, 0.2) is 54.9 Å². The van der Waals surface area contributed by atoms with Gasteiger partial charge in [0.15, 0.2) is 0 Å². The molecule has 0 aliphatic heterocycles. The summed E-state index contributed by atoms with van der Waals surface area (Å²) in [5.74, 6) is 1.34. The number of nitriles is 1. The van der Waals surface area contributed by atoms with Crippen molar-refractivity contribution in [3.05, 3.63) is 66.0 Å². The number of aromatic nitrogens is 2. The zero-order chi connectivity index (χ0) is 32.8. The largest absolute Gasteiger partial charge is 0.495 e. The molecule has 3 fully saturated rings. The molecule has 2 aromatic carbocycles. The molecule has 10 heteroatoms. The molecule has 1 aromatic heterocycles. The minimum absolute atomic E-state index is 0.134. The van der Waals surface area contributed by atoms with Gasteiger partial charge in [0, 0.05) is 36.5 Å². The highest BCUT2D eigenvalue weighted by atomic mass is 16.6. The lowest BCUT2D eigenvalue weighted by Crippen LogP contribution is -2.42. The van der Waals surface area contributed by atoms with Gasteiger partial charge in [0.1, 0.15) is 17.9 Å². The summed E-state index contributed by atoms with van der Waals surface area (Å²) in [6.07, 6.45) is 12.2. The molecule has 0 radical (unpaired) electrons. The number of hydrogen-bond donors (Lipinski definition) is 2. The van der Waals surface area contributed by atoms with Crippen molar-refractivity contribution >= 4 is 17.7 Å². The third kappa shape index (κ3) is 7.96. The minimum atomic E-state index is -0.522. The molecule has 248 valence electrons. The first kappa shape index (κ1) is 32.6. The Bertz CT molecular complexity index is 1580. The Morgan fingerprint density at radius 1 is 1.02 bits per heavy atom. The fourth-order valence-electron chi connectivity index (χ4n) is 7.20. The third-order valence-corrected chi connectivity index (χ3v) is 10.1. The molecule has 1 heterocycles. The number of rotatable bonds is 11. The molecule has 0 atom stereocenters. The number of hydrogen-bond acceptors (Lipinski definition) is 7. The molecular weight excluding hydrogens is 594 g/mol. The van der Waals surface area contributed by atoms with Gasteiger partial charge in [0.25, 0.3) is 0 Å². The molecule has 0 unspecified atom stereocenters. The Hall–Kier alpha value is -4.36. The van der Waals surface area contributed by atoms with Crippen molar-refractivity contribution in [1.29, 1.82) is 5.26 Å². The van der Waals surface area contributed by atoms with E-state index in [2.05, 4.69) is 45.6 Å². The molecule has 6 rings (SSSR count). The van der Waals surface area contributed by atoms with Crippen LogP contribution in [0.2, 0.25) is 0 Å². The lowest BCUT2D eigenvalue weighted by Gasteiger charge is -2.36. The van der Waals surface area contributed by atoms with Gasteiger partial charge >= 0.3 is 6.09 Å². The number of methoxy groups -OCH3 is 1. The normalized spacial score (nSPS) is 22.6. The fraction of sp³-hybridized carbons (Fsp3) is 0.514. The SMILES string of the molecule is COc1ccc([C@H]2CC[C@H](CN(c3cccc(-c4cnn(C5CC5)c4)c3)C(=O)[C@H]3CC[C@H](OC(=O)NCCO)CC3)CC2)cc1C#N. The number of alkyl carbamates (subject to hydrolysis) is 1. The number of amides is 2. The van der Waals surface area contributed by atoms with Crippen molar-refractivity contribution in [2.24, 2.45) is 11.8 Å². The molecule has 0 saturated heterocycles. The van der Waals surface area contributed by atoms with Gasteiger partial charge in [-0.2, -0.15) is 10.4 Å². The van der Waals surface area contributed by atoms with E-state index >= 15 is 0 Å². The van der Waals surface area contributed by atoms with Gasteiger partial charge < -0.3 is 24.8 Å². The second kappa shape index (κ2) is 15.0. The van der Waals surface area contributed by atoms with Crippen molar-refractivity contribution in [3.63, 3.8) is 0 Å². The van der Waals surface area contributed by atoms with E-state index in [1.807, 2.05) is 35.4 Å². The van der Waals surface area contributed by atoms with E-state index in [0.29, 0.717) is 61.4 Å². The molecule has 3 aromatic rings. The Morgan fingerprint density at radius 2 is 1.81 bits per heavy atom. The van der Waals surface area contributed by atoms with E-state index < -0.39 is 6.09 Å². The van der Waals surface area contributed by atoms with Gasteiger partial charge in [0.2, 0.25) is 5.91 Å². The number of anilines is 1. The third-order valence-electron chi connectivity index (χ3n) is 10.1. The molecule has 3 saturated carbocycles. The molecule has 47 heavy (non-hydrogen) atoms. The highest BCUT2D eigenvalue weighted by molar-refractivity contribution is 5.95. The number of carbonyl (C=O) groups is 2. The van der Waals surface area contributed by atoms with E-state index in [0.717, 1.165) is 42.5 Å². The summed E-state index contributed by atoms with van der Waals surface area (Å²) in [4.78, 5) is 28.4. The minimum Gasteiger partial charge on any atom is -0.495 e. The van der Waals surface area contributed by atoms with Gasteiger partial charge in [-0.15, -0.1) is 0 Å². The van der Waals surface area contributed by atoms with E-state index in [1.54, 1.807) is 7.11 Å². The summed E-state index contributed by atoms with van der Waals surface area (Å²) in [6.45, 7) is 0.675. The van der Waals surface area contributed by atoms with Gasteiger partial charge in [-0.05, 0) is 111 Å². The number of nitrogens with one attached hydrogen (secondary N) is 1. The van der Waals surface area contributed by atoms with Crippen molar-refractivity contribution in [2.45, 2.75) is 82.3 Å². The van der Waals surface area contributed by atoms with Crippen LogP contribution in [-0.4, -0.2) is 59.8 Å². The zero-order valence-corrected chi connectivity index (χ0v) is 27.1. The van der Waals surface area contributed by atoms with Crippen molar-refractivity contribution in [2.75, 3.05) is 31.7 Å². The molecule has 10 nitrogen and oxygen atoms in total. The topological polar surface area (TPSA) is 130 Å². The van der Waals surface area contributed by atoms with Crippen LogP contribution in [0.5, 0.6) is 5.75 Å². The van der Waals surface area contributed by atoms with E-state index in [-0.39, 0.29) is 31.1 Å². The van der Waals surface area contributed by atoms with E-state index in [9.17, 15) is 14.9 Å². The number of benzene rings is 2. The monoisotopic (exact) mass is 639 g/mol. The number of carbonyl (C=O) groups excluding carboxylic acids is 2. The van der Waals surface area contributed by atoms with Gasteiger partial charge in [-0.3, -0.25) is 9.48 Å². The Labute approximate surface area is 276 Å². The Kier molecular flexibility index (Phi) is 10.4. The summed E-state index contributed by atoms with van der Waals surface area (Å²) < 4.78 is 12.9. The lowest BCUT2D eigenvalue weighted by molar-refractivity contribution is -0.124. The van der Waals surface area contributed by atoms with Gasteiger partial charge in [0.05, 0.1) is 31.5 Å². The predicted molar refractivity (Wildman–Crippen MR) is 178 cm³/mol. The number of aliphatic hydroxyl groups excluding tert-OH is 1.